The fourth-order valence-electron chi connectivity index (χ4n) is 11.7. The highest BCUT2D eigenvalue weighted by Gasteiger charge is 2.52. The number of hydrogen-bond donors (Lipinski definition) is 0. The molecule has 1 heterocycles. The molecule has 2 nitrogen and oxygen atoms in total. The van der Waals surface area contributed by atoms with Crippen molar-refractivity contribution in [1.82, 2.24) is 0 Å². The van der Waals surface area contributed by atoms with Crippen LogP contribution in [0.5, 0.6) is 0 Å². The molecule has 0 saturated carbocycles. The van der Waals surface area contributed by atoms with E-state index in [1.54, 1.807) is 0 Å². The van der Waals surface area contributed by atoms with Gasteiger partial charge in [0, 0.05) is 4.47 Å². The molecule has 382 valence electrons. The van der Waals surface area contributed by atoms with E-state index in [0.717, 1.165) is 5.46 Å². The standard InChI is InChI=1S/C34H22.C24H15Br.C16H19BO2.CH4/c1-2-12-25-22-26(21-20-23(25)10-1)33-29-15-5-7-17-31(29)34(32-18-8-6-16-30(32)33)28-19-9-13-24-11-3-4-14-27(24)28;25-24-21-11-5-3-9-19(21)23(20-10-4-6-12-22(20)24)18-14-13-16-7-1-2-8-17(16)15-18;1-15(2)16(3,4)19-17(18-15)14-11-7-9-12-8-5-6-10-13(12)14;/h1-22H;1-15H;5-11H,1-4H3;1H4. The normalized spacial score (nSPS) is 13.6. The summed E-state index contributed by atoms with van der Waals surface area (Å²) >= 11 is 3.83. The van der Waals surface area contributed by atoms with Crippen LogP contribution in [0.1, 0.15) is 35.1 Å². The van der Waals surface area contributed by atoms with E-state index in [1.807, 2.05) is 0 Å². The molecule has 0 spiro atoms. The quantitative estimate of drug-likeness (QED) is 0.129. The third-order valence-electron chi connectivity index (χ3n) is 16.3. The zero-order valence-electron chi connectivity index (χ0n) is 44.2. The van der Waals surface area contributed by atoms with Gasteiger partial charge in [-0.2, -0.15) is 0 Å². The Bertz CT molecular complexity index is 4470. The smallest absolute Gasteiger partial charge is 0.399 e. The van der Waals surface area contributed by atoms with E-state index in [-0.39, 0.29) is 25.7 Å². The molecule has 0 bridgehead atoms. The second-order valence-electron chi connectivity index (χ2n) is 21.4. The lowest BCUT2D eigenvalue weighted by Gasteiger charge is -2.32. The fraction of sp³-hybridized carbons (Fsp3) is 0.0933. The van der Waals surface area contributed by atoms with Gasteiger partial charge in [0.15, 0.2) is 0 Å². The van der Waals surface area contributed by atoms with Crippen molar-refractivity contribution >= 4 is 115 Å². The van der Waals surface area contributed by atoms with Crippen molar-refractivity contribution in [1.29, 1.82) is 0 Å². The molecule has 0 N–H and O–H groups in total. The Balaban J connectivity index is 0.000000123. The van der Waals surface area contributed by atoms with Crippen molar-refractivity contribution in [3.05, 3.63) is 271 Å². The largest absolute Gasteiger partial charge is 0.495 e. The minimum atomic E-state index is -0.297. The molecule has 14 aromatic carbocycles. The van der Waals surface area contributed by atoms with E-state index in [1.165, 1.54) is 124 Å². The topological polar surface area (TPSA) is 18.5 Å². The van der Waals surface area contributed by atoms with E-state index in [4.69, 9.17) is 9.31 Å². The zero-order valence-corrected chi connectivity index (χ0v) is 45.8. The maximum atomic E-state index is 6.14. The first-order chi connectivity index (χ1) is 38.1. The molecule has 14 aromatic rings. The molecule has 0 amide bonds. The summed E-state index contributed by atoms with van der Waals surface area (Å²) in [5.41, 5.74) is 8.25. The number of hydrogen-bond acceptors (Lipinski definition) is 2. The summed E-state index contributed by atoms with van der Waals surface area (Å²) in [6.07, 6.45) is 0. The molecule has 4 heteroatoms. The Labute approximate surface area is 472 Å². The Hall–Kier alpha value is -8.38. The van der Waals surface area contributed by atoms with Gasteiger partial charge >= 0.3 is 7.12 Å². The van der Waals surface area contributed by atoms with E-state index < -0.39 is 0 Å². The molecule has 0 radical (unpaired) electrons. The Morgan fingerprint density at radius 3 is 1.06 bits per heavy atom. The first kappa shape index (κ1) is 51.4. The molecule has 1 aliphatic rings. The fourth-order valence-corrected chi connectivity index (χ4v) is 12.4. The summed E-state index contributed by atoms with van der Waals surface area (Å²) in [6.45, 7) is 8.33. The molecule has 0 atom stereocenters. The molecule has 0 aromatic heterocycles. The van der Waals surface area contributed by atoms with Crippen LogP contribution < -0.4 is 5.46 Å². The van der Waals surface area contributed by atoms with Crippen LogP contribution in [0.25, 0.3) is 120 Å². The van der Waals surface area contributed by atoms with Gasteiger partial charge in [-0.3, -0.25) is 0 Å². The summed E-state index contributed by atoms with van der Waals surface area (Å²) in [5.74, 6) is 0. The van der Waals surface area contributed by atoms with E-state index >= 15 is 0 Å². The van der Waals surface area contributed by atoms with Gasteiger partial charge in [0.1, 0.15) is 0 Å². The summed E-state index contributed by atoms with van der Waals surface area (Å²) in [5, 5.41) is 20.3. The van der Waals surface area contributed by atoms with Gasteiger partial charge in [0.2, 0.25) is 0 Å². The maximum Gasteiger partial charge on any atom is 0.495 e. The third kappa shape index (κ3) is 9.34. The van der Waals surface area contributed by atoms with E-state index in [9.17, 15) is 0 Å². The van der Waals surface area contributed by atoms with Crippen molar-refractivity contribution in [3.8, 4) is 33.4 Å². The SMILES string of the molecule is Brc1c2ccccc2c(-c2ccc3ccccc3c2)c2ccccc12.C.CC1(C)OB(c2cccc3ccccc23)OC1(C)C.c1ccc2cc(-c3c4ccccc4c(-c4cccc5ccccc45)c4ccccc34)ccc2c1. The number of fused-ring (bicyclic) bond motifs is 8. The predicted octanol–water partition coefficient (Wildman–Crippen LogP) is 21.0. The average Bonchev–Trinajstić information content (AvgIpc) is 3.75. The van der Waals surface area contributed by atoms with Crippen LogP contribution in [-0.2, 0) is 9.31 Å². The molecular formula is C75H60BBrO2. The van der Waals surface area contributed by atoms with Gasteiger partial charge in [-0.1, -0.05) is 262 Å². The van der Waals surface area contributed by atoms with Crippen LogP contribution in [0.15, 0.2) is 271 Å². The number of benzene rings is 14. The molecular weight excluding hydrogens is 1020 g/mol. The van der Waals surface area contributed by atoms with Crippen molar-refractivity contribution < 1.29 is 9.31 Å². The first-order valence-electron chi connectivity index (χ1n) is 26.9. The van der Waals surface area contributed by atoms with Gasteiger partial charge < -0.3 is 9.31 Å². The van der Waals surface area contributed by atoms with Crippen LogP contribution >= 0.6 is 15.9 Å². The second-order valence-corrected chi connectivity index (χ2v) is 22.2. The van der Waals surface area contributed by atoms with Crippen molar-refractivity contribution in [3.63, 3.8) is 0 Å². The zero-order chi connectivity index (χ0) is 53.0. The first-order valence-corrected chi connectivity index (χ1v) is 27.7. The highest BCUT2D eigenvalue weighted by atomic mass is 79.9. The highest BCUT2D eigenvalue weighted by molar-refractivity contribution is 9.10. The molecule has 1 fully saturated rings. The van der Waals surface area contributed by atoms with Gasteiger partial charge in [-0.25, -0.2) is 0 Å². The van der Waals surface area contributed by atoms with Gasteiger partial charge in [0.25, 0.3) is 0 Å². The van der Waals surface area contributed by atoms with E-state index in [0.29, 0.717) is 0 Å². The summed E-state index contributed by atoms with van der Waals surface area (Å²) in [7, 11) is -0.295. The van der Waals surface area contributed by atoms with Crippen molar-refractivity contribution in [2.75, 3.05) is 0 Å². The predicted molar refractivity (Wildman–Crippen MR) is 346 cm³/mol. The molecule has 79 heavy (non-hydrogen) atoms. The second kappa shape index (κ2) is 21.1. The maximum absolute atomic E-state index is 6.14. The third-order valence-corrected chi connectivity index (χ3v) is 17.1. The summed E-state index contributed by atoms with van der Waals surface area (Å²) in [4.78, 5) is 0. The summed E-state index contributed by atoms with van der Waals surface area (Å²) < 4.78 is 13.4. The molecule has 1 saturated heterocycles. The minimum Gasteiger partial charge on any atom is -0.399 e. The number of rotatable bonds is 4. The molecule has 15 rings (SSSR count). The monoisotopic (exact) mass is 1080 g/mol. The Morgan fingerprint density at radius 1 is 0.291 bits per heavy atom. The Kier molecular flexibility index (Phi) is 13.7. The molecule has 0 aliphatic carbocycles. The molecule has 0 unspecified atom stereocenters. The lowest BCUT2D eigenvalue weighted by atomic mass is 9.76. The van der Waals surface area contributed by atoms with Crippen LogP contribution in [0, 0.1) is 0 Å². The van der Waals surface area contributed by atoms with Gasteiger partial charge in [0.05, 0.1) is 11.2 Å². The Morgan fingerprint density at radius 2 is 0.608 bits per heavy atom. The van der Waals surface area contributed by atoms with E-state index in [2.05, 4.69) is 311 Å². The van der Waals surface area contributed by atoms with Crippen LogP contribution in [-0.4, -0.2) is 18.3 Å². The van der Waals surface area contributed by atoms with Crippen molar-refractivity contribution in [2.45, 2.75) is 46.3 Å². The highest BCUT2D eigenvalue weighted by Crippen LogP contribution is 2.46. The van der Waals surface area contributed by atoms with Gasteiger partial charge in [-0.15, -0.1) is 0 Å². The van der Waals surface area contributed by atoms with Gasteiger partial charge in [-0.05, 0) is 181 Å². The number of halogens is 1. The van der Waals surface area contributed by atoms with Crippen LogP contribution in [0.4, 0.5) is 0 Å². The minimum absolute atomic E-state index is 0. The molecule has 1 aliphatic heterocycles. The summed E-state index contributed by atoms with van der Waals surface area (Å²) in [6, 6.07) is 95.7. The average molecular weight is 1080 g/mol. The van der Waals surface area contributed by atoms with Crippen molar-refractivity contribution in [2.24, 2.45) is 0 Å². The lowest BCUT2D eigenvalue weighted by molar-refractivity contribution is 0.00578. The van der Waals surface area contributed by atoms with Crippen LogP contribution in [0.3, 0.4) is 0 Å². The lowest BCUT2D eigenvalue weighted by Crippen LogP contribution is -2.41. The van der Waals surface area contributed by atoms with Crippen LogP contribution in [0.2, 0.25) is 0 Å².